The molecule has 6 heteroatoms. The highest BCUT2D eigenvalue weighted by Gasteiger charge is 2.21. The molecule has 0 amide bonds. The molecule has 0 fully saturated rings. The van der Waals surface area contributed by atoms with Gasteiger partial charge in [0.2, 0.25) is 0 Å². The Hall–Kier alpha value is -8.04. The highest BCUT2D eigenvalue weighted by Crippen LogP contribution is 2.52. The largest absolute Gasteiger partial charge is 0.0889 e. The number of hydrogen-bond acceptors (Lipinski definition) is 6. The average Bonchev–Trinajstić information content (AvgIpc) is 1.27. The zero-order valence-electron chi connectivity index (χ0n) is 45.2. The van der Waals surface area contributed by atoms with Crippen molar-refractivity contribution in [3.8, 4) is 0 Å². The number of benzene rings is 16. The minimum Gasteiger partial charge on any atom is -0.0889 e. The first-order valence-corrected chi connectivity index (χ1v) is 33.0. The van der Waals surface area contributed by atoms with Gasteiger partial charge in [-0.1, -0.05) is 253 Å². The molecule has 0 saturated heterocycles. The lowest BCUT2D eigenvalue weighted by molar-refractivity contribution is 1.25. The minimum absolute atomic E-state index is 1.21. The predicted octanol–water partition coefficient (Wildman–Crippen LogP) is 25.0. The normalized spacial score (nSPS) is 11.9. The van der Waals surface area contributed by atoms with Crippen molar-refractivity contribution in [1.82, 2.24) is 0 Å². The summed E-state index contributed by atoms with van der Waals surface area (Å²) in [4.78, 5) is 14.6. The summed E-state index contributed by atoms with van der Waals surface area (Å²) in [6.07, 6.45) is 0. The van der Waals surface area contributed by atoms with Gasteiger partial charge in [0.05, 0.1) is 0 Å². The third-order valence-corrected chi connectivity index (χ3v) is 22.5. The minimum atomic E-state index is 1.21. The van der Waals surface area contributed by atoms with Crippen LogP contribution in [0.15, 0.2) is 350 Å². The molecular weight excluding hydrogens is 1130 g/mol. The van der Waals surface area contributed by atoms with Crippen LogP contribution in [0, 0.1) is 0 Å². The highest BCUT2D eigenvalue weighted by atomic mass is 32.2. The van der Waals surface area contributed by atoms with E-state index in [1.165, 1.54) is 156 Å². The maximum Gasteiger partial charge on any atom is 0.0268 e. The molecule has 0 bridgehead atoms. The molecule has 0 unspecified atom stereocenters. The molecule has 396 valence electrons. The summed E-state index contributed by atoms with van der Waals surface area (Å²) in [7, 11) is 0. The van der Waals surface area contributed by atoms with Crippen molar-refractivity contribution < 1.29 is 0 Å². The van der Waals surface area contributed by atoms with Gasteiger partial charge in [-0.2, -0.15) is 0 Å². The van der Waals surface area contributed by atoms with Gasteiger partial charge in [-0.3, -0.25) is 0 Å². The number of hydrogen-bond donors (Lipinski definition) is 0. The van der Waals surface area contributed by atoms with E-state index in [2.05, 4.69) is 291 Å². The maximum absolute atomic E-state index is 2.52. The molecule has 84 heavy (non-hydrogen) atoms. The fourth-order valence-electron chi connectivity index (χ4n) is 11.6. The molecule has 16 rings (SSSR count). The van der Waals surface area contributed by atoms with E-state index < -0.39 is 0 Å². The Kier molecular flexibility index (Phi) is 13.6. The molecule has 16 aromatic carbocycles. The molecule has 0 aromatic heterocycles. The first kappa shape index (κ1) is 51.6. The van der Waals surface area contributed by atoms with Crippen LogP contribution < -0.4 is 0 Å². The van der Waals surface area contributed by atoms with Gasteiger partial charge in [0.1, 0.15) is 0 Å². The summed E-state index contributed by atoms with van der Waals surface area (Å²) in [5.74, 6) is 0. The lowest BCUT2D eigenvalue weighted by atomic mass is 9.94. The summed E-state index contributed by atoms with van der Waals surface area (Å²) in [5.41, 5.74) is 0. The average molecular weight is 1180 g/mol. The van der Waals surface area contributed by atoms with E-state index in [0.717, 1.165) is 0 Å². The van der Waals surface area contributed by atoms with Gasteiger partial charge in [0.25, 0.3) is 0 Å². The van der Waals surface area contributed by atoms with E-state index in [9.17, 15) is 0 Å². The van der Waals surface area contributed by atoms with Crippen LogP contribution in [-0.4, -0.2) is 0 Å². The quantitative estimate of drug-likeness (QED) is 0.111. The molecule has 0 saturated carbocycles. The van der Waals surface area contributed by atoms with E-state index >= 15 is 0 Å². The SMILES string of the molecule is c1ccc2cc(Sc3cc4c5cc(Sc6ccc7ccccc7c6)c(Sc6ccc7ccccc7c6)cc5c5cc(Sc6ccc7ccccc7c6)c(Sc6ccc7ccccc7c6)cc5c4cc3Sc3ccc4ccccc4c3)ccc2c1. The lowest BCUT2D eigenvalue weighted by Crippen LogP contribution is -1.92. The first-order chi connectivity index (χ1) is 41.5. The van der Waals surface area contributed by atoms with Gasteiger partial charge in [0, 0.05) is 58.7 Å². The second kappa shape index (κ2) is 22.2. The smallest absolute Gasteiger partial charge is 0.0268 e. The number of rotatable bonds is 12. The van der Waals surface area contributed by atoms with Gasteiger partial charge in [-0.05, 0) is 206 Å². The van der Waals surface area contributed by atoms with Gasteiger partial charge in [-0.25, -0.2) is 0 Å². The van der Waals surface area contributed by atoms with Gasteiger partial charge < -0.3 is 0 Å². The summed E-state index contributed by atoms with van der Waals surface area (Å²) in [6, 6.07) is 109. The lowest BCUT2D eigenvalue weighted by Gasteiger charge is -2.20. The van der Waals surface area contributed by atoms with Crippen LogP contribution >= 0.6 is 70.6 Å². The van der Waals surface area contributed by atoms with Crippen molar-refractivity contribution in [1.29, 1.82) is 0 Å². The molecule has 0 heterocycles. The fourth-order valence-corrected chi connectivity index (χ4v) is 17.9. The zero-order valence-corrected chi connectivity index (χ0v) is 50.1. The molecule has 0 N–H and O–H groups in total. The Morgan fingerprint density at radius 3 is 0.429 bits per heavy atom. The third-order valence-electron chi connectivity index (χ3n) is 15.8. The Bertz CT molecular complexity index is 4420. The molecule has 0 aliphatic carbocycles. The Labute approximate surface area is 513 Å². The summed E-state index contributed by atoms with van der Waals surface area (Å²) < 4.78 is 0. The van der Waals surface area contributed by atoms with Crippen molar-refractivity contribution in [3.05, 3.63) is 291 Å². The third kappa shape index (κ3) is 10.3. The zero-order chi connectivity index (χ0) is 55.5. The van der Waals surface area contributed by atoms with Crippen molar-refractivity contribution in [2.24, 2.45) is 0 Å². The molecule has 0 aliphatic rings. The summed E-state index contributed by atoms with van der Waals surface area (Å²) in [6.45, 7) is 0. The van der Waals surface area contributed by atoms with Crippen LogP contribution in [-0.2, 0) is 0 Å². The van der Waals surface area contributed by atoms with Crippen LogP contribution in [0.1, 0.15) is 0 Å². The van der Waals surface area contributed by atoms with Crippen LogP contribution in [0.5, 0.6) is 0 Å². The number of fused-ring (bicyclic) bond motifs is 12. The van der Waals surface area contributed by atoms with Crippen LogP contribution in [0.3, 0.4) is 0 Å². The second-order valence-electron chi connectivity index (χ2n) is 21.2. The second-order valence-corrected chi connectivity index (χ2v) is 27.9. The van der Waals surface area contributed by atoms with Crippen LogP contribution in [0.2, 0.25) is 0 Å². The topological polar surface area (TPSA) is 0 Å². The van der Waals surface area contributed by atoms with Gasteiger partial charge in [-0.15, -0.1) is 0 Å². The summed E-state index contributed by atoms with van der Waals surface area (Å²) in [5, 5.41) is 22.3. The first-order valence-electron chi connectivity index (χ1n) is 28.1. The fraction of sp³-hybridized carbons (Fsp3) is 0. The van der Waals surface area contributed by atoms with Crippen molar-refractivity contribution in [2.45, 2.75) is 58.7 Å². The van der Waals surface area contributed by atoms with Gasteiger partial charge in [0.15, 0.2) is 0 Å². The monoisotopic (exact) mass is 1180 g/mol. The van der Waals surface area contributed by atoms with E-state index in [-0.39, 0.29) is 0 Å². The Morgan fingerprint density at radius 2 is 0.274 bits per heavy atom. The van der Waals surface area contributed by atoms with E-state index in [1.807, 2.05) is 70.6 Å². The maximum atomic E-state index is 2.52. The predicted molar refractivity (Wildman–Crippen MR) is 367 cm³/mol. The van der Waals surface area contributed by atoms with Crippen molar-refractivity contribution in [2.75, 3.05) is 0 Å². The van der Waals surface area contributed by atoms with Gasteiger partial charge >= 0.3 is 0 Å². The van der Waals surface area contributed by atoms with Crippen LogP contribution in [0.4, 0.5) is 0 Å². The molecule has 0 radical (unpaired) electrons. The van der Waals surface area contributed by atoms with E-state index in [4.69, 9.17) is 0 Å². The molecule has 0 atom stereocenters. The van der Waals surface area contributed by atoms with Crippen molar-refractivity contribution in [3.63, 3.8) is 0 Å². The Morgan fingerprint density at radius 1 is 0.131 bits per heavy atom. The molecular formula is C78H48S6. The molecule has 0 spiro atoms. The van der Waals surface area contributed by atoms with E-state index in [1.54, 1.807) is 0 Å². The molecule has 16 aromatic rings. The highest BCUT2D eigenvalue weighted by molar-refractivity contribution is 8.03. The van der Waals surface area contributed by atoms with E-state index in [0.29, 0.717) is 0 Å². The molecule has 0 aliphatic heterocycles. The molecule has 0 nitrogen and oxygen atoms in total. The van der Waals surface area contributed by atoms with Crippen molar-refractivity contribution >= 4 is 168 Å². The Balaban J connectivity index is 0.974. The summed E-state index contributed by atoms with van der Waals surface area (Å²) >= 11 is 11.2. The standard InChI is InChI=1S/C78H48S6/c1-7-19-55-37-61(31-25-49(55)13-1)79-73-43-67-68(44-74(73)80-62-32-26-50-14-2-8-20-56(50)38-62)70-46-76(82-64-34-28-52-16-4-10-22-58(52)40-64)78(84-66-36-30-54-18-6-12-24-60(54)42-66)48-72(70)71-47-77(83-65-35-29-53-17-5-11-23-59(53)41-65)75(45-69(67)71)81-63-33-27-51-15-3-9-21-57(51)39-63/h1-48H. The van der Waals surface area contributed by atoms with Crippen LogP contribution in [0.25, 0.3) is 97.0 Å².